The summed E-state index contributed by atoms with van der Waals surface area (Å²) < 4.78 is 0. The maximum absolute atomic E-state index is 10.8. The van der Waals surface area contributed by atoms with E-state index in [1.54, 1.807) is 6.92 Å². The average Bonchev–Trinajstić information content (AvgIpc) is 2.02. The predicted molar refractivity (Wildman–Crippen MR) is 44.2 cm³/mol. The van der Waals surface area contributed by atoms with Crippen LogP contribution in [0.3, 0.4) is 0 Å². The van der Waals surface area contributed by atoms with Gasteiger partial charge in [-0.1, -0.05) is 0 Å². The van der Waals surface area contributed by atoms with Crippen LogP contribution in [-0.2, 0) is 9.63 Å². The third-order valence-electron chi connectivity index (χ3n) is 1.23. The Labute approximate surface area is 75.3 Å². The zero-order valence-electron chi connectivity index (χ0n) is 7.36. The summed E-state index contributed by atoms with van der Waals surface area (Å²) in [5, 5.41) is 11.3. The molecule has 0 heterocycles. The Hall–Kier alpha value is -1.37. The van der Waals surface area contributed by atoms with Crippen LogP contribution in [0.25, 0.3) is 0 Å². The quantitative estimate of drug-likeness (QED) is 0.319. The summed E-state index contributed by atoms with van der Waals surface area (Å²) in [6, 6.07) is -0.559. The molecule has 0 aliphatic rings. The van der Waals surface area contributed by atoms with Crippen LogP contribution >= 0.6 is 0 Å². The minimum Gasteiger partial charge on any atom is -0.355 e. The number of nitrogens with zero attached hydrogens (tertiary/aromatic N) is 1. The Morgan fingerprint density at radius 1 is 1.77 bits per heavy atom. The lowest BCUT2D eigenvalue weighted by molar-refractivity contribution is -0.757. The summed E-state index contributed by atoms with van der Waals surface area (Å²) in [6.07, 6.45) is 0.388. The van der Waals surface area contributed by atoms with Crippen molar-refractivity contribution in [2.45, 2.75) is 19.4 Å². The van der Waals surface area contributed by atoms with Crippen molar-refractivity contribution in [3.63, 3.8) is 0 Å². The molecule has 1 unspecified atom stereocenters. The molecule has 0 aromatic heterocycles. The van der Waals surface area contributed by atoms with E-state index < -0.39 is 11.1 Å². The van der Waals surface area contributed by atoms with Crippen molar-refractivity contribution in [1.29, 1.82) is 0 Å². The fourth-order valence-corrected chi connectivity index (χ4v) is 0.584. The van der Waals surface area contributed by atoms with Gasteiger partial charge in [-0.05, 0) is 13.3 Å². The van der Waals surface area contributed by atoms with E-state index in [2.05, 4.69) is 10.2 Å². The summed E-state index contributed by atoms with van der Waals surface area (Å²) in [4.78, 5) is 24.5. The van der Waals surface area contributed by atoms with E-state index in [1.165, 1.54) is 0 Å². The fourth-order valence-electron chi connectivity index (χ4n) is 0.584. The Morgan fingerprint density at radius 3 is 2.85 bits per heavy atom. The van der Waals surface area contributed by atoms with E-state index in [1.807, 2.05) is 0 Å². The second kappa shape index (κ2) is 6.18. The maximum Gasteiger partial charge on any atom is 0.294 e. The van der Waals surface area contributed by atoms with Crippen LogP contribution in [0.5, 0.6) is 0 Å². The Morgan fingerprint density at radius 2 is 2.38 bits per heavy atom. The number of carbonyl (C=O) groups excluding carboxylic acids is 1. The third-order valence-corrected chi connectivity index (χ3v) is 1.23. The van der Waals surface area contributed by atoms with Crippen LogP contribution in [-0.4, -0.2) is 30.2 Å². The molecule has 0 aromatic rings. The Kier molecular flexibility index (Phi) is 5.53. The second-order valence-corrected chi connectivity index (χ2v) is 2.49. The lowest BCUT2D eigenvalue weighted by atomic mass is 10.3. The van der Waals surface area contributed by atoms with Gasteiger partial charge in [0.15, 0.2) is 0 Å². The van der Waals surface area contributed by atoms with Crippen molar-refractivity contribution in [3.05, 3.63) is 10.1 Å². The average molecular weight is 191 g/mol. The summed E-state index contributed by atoms with van der Waals surface area (Å²) in [5.41, 5.74) is 5.25. The molecular formula is C6H13N3O4. The van der Waals surface area contributed by atoms with E-state index in [0.29, 0.717) is 13.0 Å². The SMILES string of the molecule is CC(N)C(=O)NCCCO[N+](=O)[O-]. The molecular weight excluding hydrogens is 178 g/mol. The van der Waals surface area contributed by atoms with Crippen molar-refractivity contribution < 1.29 is 14.7 Å². The summed E-state index contributed by atoms with van der Waals surface area (Å²) in [5.74, 6) is -0.277. The molecule has 0 aliphatic heterocycles. The molecule has 0 saturated heterocycles. The zero-order chi connectivity index (χ0) is 10.3. The number of carbonyl (C=O) groups is 1. The summed E-state index contributed by atoms with van der Waals surface area (Å²) in [6.45, 7) is 1.86. The van der Waals surface area contributed by atoms with Crippen molar-refractivity contribution in [2.75, 3.05) is 13.2 Å². The number of hydrogen-bond donors (Lipinski definition) is 2. The number of hydrogen-bond acceptors (Lipinski definition) is 5. The van der Waals surface area contributed by atoms with E-state index in [-0.39, 0.29) is 12.5 Å². The molecule has 76 valence electrons. The van der Waals surface area contributed by atoms with Gasteiger partial charge in [0.05, 0.1) is 12.6 Å². The molecule has 0 bridgehead atoms. The summed E-state index contributed by atoms with van der Waals surface area (Å²) >= 11 is 0. The minimum atomic E-state index is -0.868. The first kappa shape index (κ1) is 11.6. The van der Waals surface area contributed by atoms with Gasteiger partial charge in [-0.25, -0.2) is 0 Å². The lowest BCUT2D eigenvalue weighted by Gasteiger charge is -2.06. The van der Waals surface area contributed by atoms with Crippen LogP contribution < -0.4 is 11.1 Å². The van der Waals surface area contributed by atoms with Gasteiger partial charge < -0.3 is 15.9 Å². The molecule has 7 heteroatoms. The van der Waals surface area contributed by atoms with Gasteiger partial charge in [0.25, 0.3) is 5.09 Å². The number of rotatable bonds is 6. The molecule has 0 fully saturated rings. The van der Waals surface area contributed by atoms with Gasteiger partial charge in [0.2, 0.25) is 5.91 Å². The summed E-state index contributed by atoms with van der Waals surface area (Å²) in [7, 11) is 0. The monoisotopic (exact) mass is 191 g/mol. The van der Waals surface area contributed by atoms with Gasteiger partial charge in [-0.3, -0.25) is 4.79 Å². The van der Waals surface area contributed by atoms with E-state index in [4.69, 9.17) is 5.73 Å². The minimum absolute atomic E-state index is 0.0216. The smallest absolute Gasteiger partial charge is 0.294 e. The highest BCUT2D eigenvalue weighted by molar-refractivity contribution is 5.80. The molecule has 0 saturated carbocycles. The fraction of sp³-hybridized carbons (Fsp3) is 0.833. The predicted octanol–water partition coefficient (Wildman–Crippen LogP) is -0.952. The molecule has 0 rings (SSSR count). The van der Waals surface area contributed by atoms with Crippen LogP contribution in [0, 0.1) is 10.1 Å². The van der Waals surface area contributed by atoms with Gasteiger partial charge in [0, 0.05) is 6.54 Å². The molecule has 13 heavy (non-hydrogen) atoms. The highest BCUT2D eigenvalue weighted by atomic mass is 16.9. The van der Waals surface area contributed by atoms with Crippen LogP contribution in [0.1, 0.15) is 13.3 Å². The standard InChI is InChI=1S/C6H13N3O4/c1-5(7)6(10)8-3-2-4-13-9(11)12/h5H,2-4,7H2,1H3,(H,8,10). The number of nitrogens with two attached hydrogens (primary N) is 1. The van der Waals surface area contributed by atoms with Gasteiger partial charge in [-0.15, -0.1) is 10.1 Å². The molecule has 0 aromatic carbocycles. The first-order chi connectivity index (χ1) is 6.04. The molecule has 7 nitrogen and oxygen atoms in total. The van der Waals surface area contributed by atoms with Gasteiger partial charge in [-0.2, -0.15) is 0 Å². The molecule has 1 atom stereocenters. The van der Waals surface area contributed by atoms with Crippen molar-refractivity contribution in [1.82, 2.24) is 5.32 Å². The molecule has 1 amide bonds. The number of amides is 1. The van der Waals surface area contributed by atoms with Crippen molar-refractivity contribution in [3.8, 4) is 0 Å². The molecule has 0 radical (unpaired) electrons. The van der Waals surface area contributed by atoms with Crippen LogP contribution in [0.4, 0.5) is 0 Å². The second-order valence-electron chi connectivity index (χ2n) is 2.49. The lowest BCUT2D eigenvalue weighted by Crippen LogP contribution is -2.38. The van der Waals surface area contributed by atoms with Crippen molar-refractivity contribution in [2.24, 2.45) is 5.73 Å². The van der Waals surface area contributed by atoms with E-state index >= 15 is 0 Å². The topological polar surface area (TPSA) is 107 Å². The molecule has 0 aliphatic carbocycles. The normalized spacial score (nSPS) is 11.8. The largest absolute Gasteiger partial charge is 0.355 e. The van der Waals surface area contributed by atoms with E-state index in [0.717, 1.165) is 0 Å². The first-order valence-corrected chi connectivity index (χ1v) is 3.84. The van der Waals surface area contributed by atoms with Crippen LogP contribution in [0.15, 0.2) is 0 Å². The van der Waals surface area contributed by atoms with Crippen molar-refractivity contribution >= 4 is 5.91 Å². The first-order valence-electron chi connectivity index (χ1n) is 3.84. The Balaban J connectivity index is 3.26. The molecule has 3 N–H and O–H groups in total. The molecule has 0 spiro atoms. The van der Waals surface area contributed by atoms with E-state index in [9.17, 15) is 14.9 Å². The maximum atomic E-state index is 10.8. The highest BCUT2D eigenvalue weighted by Crippen LogP contribution is 1.82. The zero-order valence-corrected chi connectivity index (χ0v) is 7.36. The van der Waals surface area contributed by atoms with Gasteiger partial charge >= 0.3 is 0 Å². The highest BCUT2D eigenvalue weighted by Gasteiger charge is 2.05. The van der Waals surface area contributed by atoms with Crippen LogP contribution in [0.2, 0.25) is 0 Å². The Bertz CT molecular complexity index is 183. The van der Waals surface area contributed by atoms with Gasteiger partial charge in [0.1, 0.15) is 0 Å². The number of nitrogens with one attached hydrogen (secondary N) is 1. The third kappa shape index (κ3) is 7.01.